The molecule has 0 radical (unpaired) electrons. The van der Waals surface area contributed by atoms with E-state index in [1.165, 1.54) is 24.3 Å². The lowest BCUT2D eigenvalue weighted by molar-refractivity contribution is -0.384. The van der Waals surface area contributed by atoms with Crippen molar-refractivity contribution in [2.45, 2.75) is 6.61 Å². The van der Waals surface area contributed by atoms with Crippen LogP contribution < -0.4 is 10.2 Å². The molecule has 3 aromatic rings. The molecule has 0 atom stereocenters. The summed E-state index contributed by atoms with van der Waals surface area (Å²) < 4.78 is 5.83. The average Bonchev–Trinajstić information content (AvgIpc) is 2.73. The zero-order valence-corrected chi connectivity index (χ0v) is 15.2. The number of nitro benzene ring substituents is 1. The number of nitro groups is 1. The van der Waals surface area contributed by atoms with Crippen molar-refractivity contribution >= 4 is 23.6 Å². The van der Waals surface area contributed by atoms with Gasteiger partial charge in [-0.25, -0.2) is 4.79 Å². The third-order valence-electron chi connectivity index (χ3n) is 3.99. The second-order valence-electron chi connectivity index (χ2n) is 6.00. The number of hydrogen-bond donors (Lipinski definition) is 2. The molecule has 0 heterocycles. The first-order chi connectivity index (χ1) is 14.0. The summed E-state index contributed by atoms with van der Waals surface area (Å²) in [5.74, 6) is -0.358. The van der Waals surface area contributed by atoms with E-state index in [9.17, 15) is 14.9 Å². The molecule has 2 N–H and O–H groups in total. The molecule has 0 fully saturated rings. The van der Waals surface area contributed by atoms with Crippen LogP contribution >= 0.6 is 0 Å². The van der Waals surface area contributed by atoms with E-state index >= 15 is 0 Å². The Morgan fingerprint density at radius 2 is 1.76 bits per heavy atom. The summed E-state index contributed by atoms with van der Waals surface area (Å²) in [5.41, 5.74) is 5.24. The second kappa shape index (κ2) is 9.14. The largest absolute Gasteiger partial charge is 0.488 e. The van der Waals surface area contributed by atoms with Gasteiger partial charge in [0.15, 0.2) is 0 Å². The van der Waals surface area contributed by atoms with E-state index in [0.29, 0.717) is 11.4 Å². The number of carbonyl (C=O) groups is 1. The Kier molecular flexibility index (Phi) is 6.16. The number of anilines is 1. The topological polar surface area (TPSA) is 114 Å². The van der Waals surface area contributed by atoms with Crippen LogP contribution in [0.25, 0.3) is 0 Å². The number of carboxylic acid groups (broad SMARTS) is 1. The van der Waals surface area contributed by atoms with E-state index in [-0.39, 0.29) is 17.9 Å². The highest BCUT2D eigenvalue weighted by atomic mass is 16.6. The Bertz CT molecular complexity index is 1030. The van der Waals surface area contributed by atoms with Crippen molar-refractivity contribution < 1.29 is 19.6 Å². The van der Waals surface area contributed by atoms with E-state index in [0.717, 1.165) is 11.1 Å². The highest BCUT2D eigenvalue weighted by Gasteiger charge is 2.05. The van der Waals surface area contributed by atoms with Crippen LogP contribution in [-0.4, -0.2) is 22.2 Å². The van der Waals surface area contributed by atoms with Gasteiger partial charge >= 0.3 is 5.97 Å². The van der Waals surface area contributed by atoms with E-state index in [1.54, 1.807) is 36.5 Å². The van der Waals surface area contributed by atoms with Gasteiger partial charge in [-0.05, 0) is 42.0 Å². The van der Waals surface area contributed by atoms with Gasteiger partial charge in [0.1, 0.15) is 12.4 Å². The van der Waals surface area contributed by atoms with Gasteiger partial charge in [0.05, 0.1) is 22.4 Å². The van der Waals surface area contributed by atoms with Crippen LogP contribution in [0.3, 0.4) is 0 Å². The molecule has 0 saturated carbocycles. The van der Waals surface area contributed by atoms with Gasteiger partial charge in [0.2, 0.25) is 0 Å². The highest BCUT2D eigenvalue weighted by molar-refractivity contribution is 5.87. The first-order valence-electron chi connectivity index (χ1n) is 8.60. The zero-order chi connectivity index (χ0) is 20.6. The Morgan fingerprint density at radius 3 is 2.41 bits per heavy atom. The molecule has 0 aliphatic rings. The standard InChI is InChI=1S/C21H17N3O5/c25-21(26)16-7-5-15(6-8-16)14-29-20-4-2-1-3-17(20)13-22-23-18-9-11-19(12-10-18)24(27)28/h1-13,23H,14H2,(H,25,26)/b22-13+. The van der Waals surface area contributed by atoms with Gasteiger partial charge in [-0.15, -0.1) is 0 Å². The van der Waals surface area contributed by atoms with Crippen LogP contribution in [-0.2, 0) is 6.61 Å². The number of carboxylic acids is 1. The molecule has 0 aliphatic heterocycles. The summed E-state index contributed by atoms with van der Waals surface area (Å²) in [6.45, 7) is 0.278. The Morgan fingerprint density at radius 1 is 1.07 bits per heavy atom. The zero-order valence-electron chi connectivity index (χ0n) is 15.2. The van der Waals surface area contributed by atoms with E-state index in [1.807, 2.05) is 18.2 Å². The summed E-state index contributed by atoms with van der Waals surface area (Å²) in [6.07, 6.45) is 1.59. The molecule has 0 bridgehead atoms. The SMILES string of the molecule is O=C(O)c1ccc(COc2ccccc2/C=N/Nc2ccc([N+](=O)[O-])cc2)cc1. The van der Waals surface area contributed by atoms with E-state index in [4.69, 9.17) is 9.84 Å². The molecule has 0 unspecified atom stereocenters. The van der Waals surface area contributed by atoms with Crippen LogP contribution in [0.5, 0.6) is 5.75 Å². The predicted molar refractivity (Wildman–Crippen MR) is 108 cm³/mol. The van der Waals surface area contributed by atoms with E-state index < -0.39 is 10.9 Å². The molecule has 8 heteroatoms. The minimum absolute atomic E-state index is 0.00895. The Balaban J connectivity index is 1.63. The van der Waals surface area contributed by atoms with Crippen LogP contribution in [0.4, 0.5) is 11.4 Å². The van der Waals surface area contributed by atoms with Crippen molar-refractivity contribution in [2.75, 3.05) is 5.43 Å². The van der Waals surface area contributed by atoms with Gasteiger partial charge in [-0.2, -0.15) is 5.10 Å². The van der Waals surface area contributed by atoms with Crippen LogP contribution in [0.2, 0.25) is 0 Å². The number of nitrogens with one attached hydrogen (secondary N) is 1. The molecule has 0 spiro atoms. The fourth-order valence-corrected chi connectivity index (χ4v) is 2.46. The summed E-state index contributed by atoms with van der Waals surface area (Å²) >= 11 is 0. The molecule has 3 aromatic carbocycles. The van der Waals surface area contributed by atoms with Crippen LogP contribution in [0.15, 0.2) is 77.9 Å². The van der Waals surface area contributed by atoms with Crippen molar-refractivity contribution in [1.29, 1.82) is 0 Å². The number of hydrogen-bond acceptors (Lipinski definition) is 6. The Labute approximate surface area is 166 Å². The van der Waals surface area contributed by atoms with Gasteiger partial charge in [0, 0.05) is 17.7 Å². The van der Waals surface area contributed by atoms with Crippen molar-refractivity contribution in [1.82, 2.24) is 0 Å². The number of hydrazone groups is 1. The molecular weight excluding hydrogens is 374 g/mol. The fraction of sp³-hybridized carbons (Fsp3) is 0.0476. The maximum Gasteiger partial charge on any atom is 0.335 e. The molecule has 29 heavy (non-hydrogen) atoms. The quantitative estimate of drug-likeness (QED) is 0.336. The lowest BCUT2D eigenvalue weighted by Crippen LogP contribution is -2.00. The summed E-state index contributed by atoms with van der Waals surface area (Å²) in [6, 6.07) is 19.7. The third kappa shape index (κ3) is 5.39. The number of benzene rings is 3. The average molecular weight is 391 g/mol. The lowest BCUT2D eigenvalue weighted by Gasteiger charge is -2.09. The van der Waals surface area contributed by atoms with Crippen LogP contribution in [0.1, 0.15) is 21.5 Å². The number of nitrogens with zero attached hydrogens (tertiary/aromatic N) is 2. The van der Waals surface area contributed by atoms with Gasteiger partial charge in [-0.1, -0.05) is 24.3 Å². The van der Waals surface area contributed by atoms with E-state index in [2.05, 4.69) is 10.5 Å². The van der Waals surface area contributed by atoms with Crippen molar-refractivity contribution in [3.05, 3.63) is 99.6 Å². The van der Waals surface area contributed by atoms with Crippen molar-refractivity contribution in [2.24, 2.45) is 5.10 Å². The fourth-order valence-electron chi connectivity index (χ4n) is 2.46. The molecule has 8 nitrogen and oxygen atoms in total. The summed E-state index contributed by atoms with van der Waals surface area (Å²) in [5, 5.41) is 23.8. The number of rotatable bonds is 8. The molecule has 146 valence electrons. The van der Waals surface area contributed by atoms with Crippen molar-refractivity contribution in [3.8, 4) is 5.75 Å². The summed E-state index contributed by atoms with van der Waals surface area (Å²) in [4.78, 5) is 21.1. The number of ether oxygens (including phenoxy) is 1. The predicted octanol–water partition coefficient (Wildman–Crippen LogP) is 4.32. The molecule has 0 amide bonds. The summed E-state index contributed by atoms with van der Waals surface area (Å²) in [7, 11) is 0. The van der Waals surface area contributed by atoms with Crippen molar-refractivity contribution in [3.63, 3.8) is 0 Å². The smallest absolute Gasteiger partial charge is 0.335 e. The van der Waals surface area contributed by atoms with Gasteiger partial charge in [-0.3, -0.25) is 15.5 Å². The maximum absolute atomic E-state index is 10.9. The third-order valence-corrected chi connectivity index (χ3v) is 3.99. The lowest BCUT2D eigenvalue weighted by atomic mass is 10.1. The highest BCUT2D eigenvalue weighted by Crippen LogP contribution is 2.19. The first-order valence-corrected chi connectivity index (χ1v) is 8.60. The maximum atomic E-state index is 10.9. The Hall–Kier alpha value is -4.20. The minimum Gasteiger partial charge on any atom is -0.488 e. The molecule has 0 aliphatic carbocycles. The number of aromatic carboxylic acids is 1. The molecule has 3 rings (SSSR count). The second-order valence-corrected chi connectivity index (χ2v) is 6.00. The number of para-hydroxylation sites is 1. The normalized spacial score (nSPS) is 10.6. The molecule has 0 aromatic heterocycles. The van der Waals surface area contributed by atoms with Crippen LogP contribution in [0, 0.1) is 10.1 Å². The minimum atomic E-state index is -0.973. The molecule has 0 saturated heterocycles. The molecular formula is C21H17N3O5. The first kappa shape index (κ1) is 19.6. The van der Waals surface area contributed by atoms with Gasteiger partial charge in [0.25, 0.3) is 5.69 Å². The number of non-ortho nitro benzene ring substituents is 1. The monoisotopic (exact) mass is 391 g/mol. The van der Waals surface area contributed by atoms with Gasteiger partial charge < -0.3 is 9.84 Å².